The summed E-state index contributed by atoms with van der Waals surface area (Å²) in [6, 6.07) is 4.55. The summed E-state index contributed by atoms with van der Waals surface area (Å²) in [5.74, 6) is 0.877. The fraction of sp³-hybridized carbons (Fsp3) is 0.647. The lowest BCUT2D eigenvalue weighted by atomic mass is 9.96. The molecule has 0 atom stereocenters. The maximum atomic E-state index is 3.64. The molecule has 0 amide bonds. The van der Waals surface area contributed by atoms with Crippen LogP contribution in [0.4, 0.5) is 0 Å². The lowest BCUT2D eigenvalue weighted by Crippen LogP contribution is -2.34. The minimum Gasteiger partial charge on any atom is -0.317 e. The van der Waals surface area contributed by atoms with Gasteiger partial charge in [-0.2, -0.15) is 0 Å². The number of rotatable bonds is 5. The minimum absolute atomic E-state index is 0.877. The Morgan fingerprint density at radius 3 is 2.58 bits per heavy atom. The molecule has 2 nitrogen and oxygen atoms in total. The van der Waals surface area contributed by atoms with Crippen LogP contribution in [0.1, 0.15) is 35.1 Å². The fourth-order valence-corrected chi connectivity index (χ4v) is 2.90. The maximum absolute atomic E-state index is 3.64. The summed E-state index contributed by atoms with van der Waals surface area (Å²) in [6.45, 7) is 11.4. The van der Waals surface area contributed by atoms with E-state index in [1.165, 1.54) is 54.7 Å². The standard InChI is InChI=1S/C17H28N2/c1-13-4-5-17(15(3)14(13)2)8-11-19-12-16-6-9-18-10-7-16/h4-5,16,18-19H,6-12H2,1-3H3. The van der Waals surface area contributed by atoms with Crippen LogP contribution in [0.15, 0.2) is 12.1 Å². The number of hydrogen-bond donors (Lipinski definition) is 2. The van der Waals surface area contributed by atoms with Crippen molar-refractivity contribution >= 4 is 0 Å². The molecular weight excluding hydrogens is 232 g/mol. The van der Waals surface area contributed by atoms with Gasteiger partial charge in [-0.1, -0.05) is 12.1 Å². The van der Waals surface area contributed by atoms with Gasteiger partial charge in [-0.05, 0) is 94.4 Å². The van der Waals surface area contributed by atoms with Crippen molar-refractivity contribution in [2.75, 3.05) is 26.2 Å². The van der Waals surface area contributed by atoms with Crippen molar-refractivity contribution in [3.63, 3.8) is 0 Å². The Hall–Kier alpha value is -0.860. The molecule has 0 spiro atoms. The highest BCUT2D eigenvalue weighted by molar-refractivity contribution is 5.38. The predicted octanol–water partition coefficient (Wildman–Crippen LogP) is 2.74. The lowest BCUT2D eigenvalue weighted by molar-refractivity contribution is 0.358. The van der Waals surface area contributed by atoms with Gasteiger partial charge in [-0.3, -0.25) is 0 Å². The topological polar surface area (TPSA) is 24.1 Å². The lowest BCUT2D eigenvalue weighted by Gasteiger charge is -2.23. The second-order valence-electron chi connectivity index (χ2n) is 5.94. The van der Waals surface area contributed by atoms with Gasteiger partial charge in [0.25, 0.3) is 0 Å². The predicted molar refractivity (Wildman–Crippen MR) is 82.8 cm³/mol. The molecule has 0 aliphatic carbocycles. The molecular formula is C17H28N2. The Balaban J connectivity index is 1.75. The van der Waals surface area contributed by atoms with Gasteiger partial charge in [0.05, 0.1) is 0 Å². The second-order valence-corrected chi connectivity index (χ2v) is 5.94. The summed E-state index contributed by atoms with van der Waals surface area (Å²) in [5.41, 5.74) is 5.84. The van der Waals surface area contributed by atoms with Crippen LogP contribution in [-0.2, 0) is 6.42 Å². The smallest absolute Gasteiger partial charge is 0.000813 e. The Labute approximate surface area is 118 Å². The van der Waals surface area contributed by atoms with E-state index in [2.05, 4.69) is 43.5 Å². The molecule has 0 unspecified atom stereocenters. The summed E-state index contributed by atoms with van der Waals surface area (Å²) in [7, 11) is 0. The largest absolute Gasteiger partial charge is 0.317 e. The number of nitrogens with one attached hydrogen (secondary N) is 2. The van der Waals surface area contributed by atoms with E-state index < -0.39 is 0 Å². The van der Waals surface area contributed by atoms with Gasteiger partial charge in [0, 0.05) is 0 Å². The first kappa shape index (κ1) is 14.5. The SMILES string of the molecule is Cc1ccc(CCNCC2CCNCC2)c(C)c1C. The van der Waals surface area contributed by atoms with Crippen LogP contribution in [0.3, 0.4) is 0 Å². The van der Waals surface area contributed by atoms with E-state index >= 15 is 0 Å². The molecule has 2 heteroatoms. The Kier molecular flexibility index (Phi) is 5.41. The van der Waals surface area contributed by atoms with Gasteiger partial charge in [0.15, 0.2) is 0 Å². The molecule has 106 valence electrons. The van der Waals surface area contributed by atoms with Gasteiger partial charge >= 0.3 is 0 Å². The summed E-state index contributed by atoms with van der Waals surface area (Å²) in [5, 5.41) is 7.06. The second kappa shape index (κ2) is 7.06. The molecule has 1 aliphatic heterocycles. The summed E-state index contributed by atoms with van der Waals surface area (Å²) in [4.78, 5) is 0. The minimum atomic E-state index is 0.877. The Morgan fingerprint density at radius 1 is 1.11 bits per heavy atom. The Morgan fingerprint density at radius 2 is 1.84 bits per heavy atom. The molecule has 0 saturated carbocycles. The average molecular weight is 260 g/mol. The number of hydrogen-bond acceptors (Lipinski definition) is 2. The van der Waals surface area contributed by atoms with E-state index in [9.17, 15) is 0 Å². The normalized spacial score (nSPS) is 16.8. The van der Waals surface area contributed by atoms with Crippen molar-refractivity contribution in [2.24, 2.45) is 5.92 Å². The van der Waals surface area contributed by atoms with E-state index in [1.807, 2.05) is 0 Å². The average Bonchev–Trinajstić information content (AvgIpc) is 2.44. The van der Waals surface area contributed by atoms with Crippen molar-refractivity contribution in [3.05, 3.63) is 34.4 Å². The molecule has 1 heterocycles. The molecule has 1 fully saturated rings. The van der Waals surface area contributed by atoms with E-state index in [-0.39, 0.29) is 0 Å². The van der Waals surface area contributed by atoms with Crippen molar-refractivity contribution in [3.8, 4) is 0 Å². The highest BCUT2D eigenvalue weighted by atomic mass is 14.9. The molecule has 0 bridgehead atoms. The van der Waals surface area contributed by atoms with Gasteiger partial charge in [-0.15, -0.1) is 0 Å². The summed E-state index contributed by atoms with van der Waals surface area (Å²) >= 11 is 0. The molecule has 19 heavy (non-hydrogen) atoms. The summed E-state index contributed by atoms with van der Waals surface area (Å²) < 4.78 is 0. The monoisotopic (exact) mass is 260 g/mol. The van der Waals surface area contributed by atoms with E-state index in [0.717, 1.165) is 18.9 Å². The van der Waals surface area contributed by atoms with Gasteiger partial charge in [0.1, 0.15) is 0 Å². The van der Waals surface area contributed by atoms with E-state index in [4.69, 9.17) is 0 Å². The third-order valence-corrected chi connectivity index (χ3v) is 4.63. The van der Waals surface area contributed by atoms with E-state index in [1.54, 1.807) is 0 Å². The number of benzene rings is 1. The number of piperidine rings is 1. The molecule has 1 aromatic carbocycles. The van der Waals surface area contributed by atoms with Crippen molar-refractivity contribution < 1.29 is 0 Å². The molecule has 0 aromatic heterocycles. The molecule has 2 N–H and O–H groups in total. The van der Waals surface area contributed by atoms with E-state index in [0.29, 0.717) is 0 Å². The number of aryl methyl sites for hydroxylation is 1. The van der Waals surface area contributed by atoms with Crippen LogP contribution in [-0.4, -0.2) is 26.2 Å². The fourth-order valence-electron chi connectivity index (χ4n) is 2.90. The first-order chi connectivity index (χ1) is 9.18. The van der Waals surface area contributed by atoms with Crippen LogP contribution in [0, 0.1) is 26.7 Å². The third kappa shape index (κ3) is 4.05. The van der Waals surface area contributed by atoms with Crippen molar-refractivity contribution in [1.82, 2.24) is 10.6 Å². The van der Waals surface area contributed by atoms with Gasteiger partial charge in [0.2, 0.25) is 0 Å². The highest BCUT2D eigenvalue weighted by Crippen LogP contribution is 2.17. The highest BCUT2D eigenvalue weighted by Gasteiger charge is 2.12. The molecule has 1 aromatic rings. The van der Waals surface area contributed by atoms with Crippen LogP contribution < -0.4 is 10.6 Å². The zero-order valence-corrected chi connectivity index (χ0v) is 12.7. The van der Waals surface area contributed by atoms with Crippen LogP contribution >= 0.6 is 0 Å². The first-order valence-corrected chi connectivity index (χ1v) is 7.65. The first-order valence-electron chi connectivity index (χ1n) is 7.65. The third-order valence-electron chi connectivity index (χ3n) is 4.63. The maximum Gasteiger partial charge on any atom is -0.000813 e. The zero-order chi connectivity index (χ0) is 13.7. The molecule has 0 radical (unpaired) electrons. The van der Waals surface area contributed by atoms with Gasteiger partial charge < -0.3 is 10.6 Å². The van der Waals surface area contributed by atoms with Crippen molar-refractivity contribution in [1.29, 1.82) is 0 Å². The zero-order valence-electron chi connectivity index (χ0n) is 12.7. The Bertz CT molecular complexity index is 406. The van der Waals surface area contributed by atoms with Gasteiger partial charge in [-0.25, -0.2) is 0 Å². The molecule has 2 rings (SSSR count). The van der Waals surface area contributed by atoms with Crippen LogP contribution in [0.25, 0.3) is 0 Å². The van der Waals surface area contributed by atoms with Crippen LogP contribution in [0.5, 0.6) is 0 Å². The van der Waals surface area contributed by atoms with Crippen molar-refractivity contribution in [2.45, 2.75) is 40.0 Å². The quantitative estimate of drug-likeness (QED) is 0.796. The molecule has 1 saturated heterocycles. The van der Waals surface area contributed by atoms with Crippen LogP contribution in [0.2, 0.25) is 0 Å². The molecule has 1 aliphatic rings. The summed E-state index contributed by atoms with van der Waals surface area (Å²) in [6.07, 6.45) is 3.81.